The van der Waals surface area contributed by atoms with Crippen molar-refractivity contribution >= 4 is 11.5 Å². The molecule has 0 saturated heterocycles. The van der Waals surface area contributed by atoms with Gasteiger partial charge in [0, 0.05) is 12.7 Å². The maximum absolute atomic E-state index is 12.8. The number of hydrogen-bond acceptors (Lipinski definition) is 5. The summed E-state index contributed by atoms with van der Waals surface area (Å²) in [6.07, 6.45) is 1.32. The van der Waals surface area contributed by atoms with Gasteiger partial charge in [-0.3, -0.25) is 10.1 Å². The Hall–Kier alpha value is -3.01. The number of nitrogens with one attached hydrogen (secondary N) is 1. The highest BCUT2D eigenvalue weighted by Crippen LogP contribution is 2.25. The lowest BCUT2D eigenvalue weighted by molar-refractivity contribution is -0.384. The fourth-order valence-electron chi connectivity index (χ4n) is 1.65. The van der Waals surface area contributed by atoms with Crippen molar-refractivity contribution in [2.75, 3.05) is 5.32 Å². The van der Waals surface area contributed by atoms with Gasteiger partial charge in [-0.15, -0.1) is 0 Å². The van der Waals surface area contributed by atoms with Crippen LogP contribution in [0.15, 0.2) is 36.5 Å². The number of nitriles is 1. The van der Waals surface area contributed by atoms with Crippen molar-refractivity contribution < 1.29 is 9.31 Å². The third-order valence-corrected chi connectivity index (χ3v) is 2.60. The third kappa shape index (κ3) is 2.87. The minimum Gasteiger partial charge on any atom is -0.360 e. The van der Waals surface area contributed by atoms with E-state index in [1.54, 1.807) is 18.2 Å². The summed E-state index contributed by atoms with van der Waals surface area (Å²) in [5, 5.41) is 22.6. The van der Waals surface area contributed by atoms with Gasteiger partial charge in [-0.25, -0.2) is 9.37 Å². The predicted molar refractivity (Wildman–Crippen MR) is 69.3 cm³/mol. The molecule has 0 unspecified atom stereocenters. The van der Waals surface area contributed by atoms with Crippen LogP contribution in [-0.4, -0.2) is 9.91 Å². The van der Waals surface area contributed by atoms with Crippen LogP contribution in [0.4, 0.5) is 15.9 Å². The number of nitrogens with zero attached hydrogens (tertiary/aromatic N) is 3. The molecule has 7 heteroatoms. The zero-order valence-electron chi connectivity index (χ0n) is 10.2. The second kappa shape index (κ2) is 5.75. The van der Waals surface area contributed by atoms with Gasteiger partial charge in [-0.2, -0.15) is 5.26 Å². The van der Waals surface area contributed by atoms with Crippen LogP contribution in [0.5, 0.6) is 0 Å². The molecule has 2 aromatic rings. The van der Waals surface area contributed by atoms with E-state index in [4.69, 9.17) is 5.26 Å². The second-order valence-electron chi connectivity index (χ2n) is 3.90. The van der Waals surface area contributed by atoms with Gasteiger partial charge < -0.3 is 5.32 Å². The number of anilines is 1. The van der Waals surface area contributed by atoms with Crippen molar-refractivity contribution in [2.24, 2.45) is 0 Å². The van der Waals surface area contributed by atoms with Gasteiger partial charge in [0.1, 0.15) is 17.4 Å². The molecule has 0 aliphatic carbocycles. The van der Waals surface area contributed by atoms with Gasteiger partial charge >= 0.3 is 5.69 Å². The Morgan fingerprint density at radius 2 is 2.05 bits per heavy atom. The summed E-state index contributed by atoms with van der Waals surface area (Å²) in [4.78, 5) is 14.2. The Labute approximate surface area is 113 Å². The van der Waals surface area contributed by atoms with E-state index in [0.717, 1.165) is 5.56 Å². The summed E-state index contributed by atoms with van der Waals surface area (Å²) in [7, 11) is 0. The van der Waals surface area contributed by atoms with E-state index in [-0.39, 0.29) is 29.4 Å². The average molecular weight is 272 g/mol. The maximum atomic E-state index is 12.8. The molecular formula is C13H9FN4O2. The van der Waals surface area contributed by atoms with E-state index in [9.17, 15) is 14.5 Å². The van der Waals surface area contributed by atoms with E-state index < -0.39 is 4.92 Å². The smallest absolute Gasteiger partial charge is 0.328 e. The lowest BCUT2D eigenvalue weighted by Gasteiger charge is -2.06. The molecule has 0 aliphatic rings. The molecule has 20 heavy (non-hydrogen) atoms. The number of hydrogen-bond donors (Lipinski definition) is 1. The number of nitro groups is 1. The fourth-order valence-corrected chi connectivity index (χ4v) is 1.65. The summed E-state index contributed by atoms with van der Waals surface area (Å²) in [5.74, 6) is -0.345. The third-order valence-electron chi connectivity index (χ3n) is 2.60. The monoisotopic (exact) mass is 272 g/mol. The molecule has 0 radical (unpaired) electrons. The fraction of sp³-hybridized carbons (Fsp3) is 0.0769. The van der Waals surface area contributed by atoms with Crippen LogP contribution in [0.1, 0.15) is 11.1 Å². The maximum Gasteiger partial charge on any atom is 0.328 e. The summed E-state index contributed by atoms with van der Waals surface area (Å²) < 4.78 is 12.8. The normalized spacial score (nSPS) is 9.80. The minimum absolute atomic E-state index is 0.0124. The first-order valence-electron chi connectivity index (χ1n) is 5.63. The molecule has 1 aromatic carbocycles. The van der Waals surface area contributed by atoms with Crippen molar-refractivity contribution in [2.45, 2.75) is 6.54 Å². The Balaban J connectivity index is 2.23. The van der Waals surface area contributed by atoms with Crippen molar-refractivity contribution in [3.05, 3.63) is 63.6 Å². The van der Waals surface area contributed by atoms with Crippen LogP contribution < -0.4 is 5.32 Å². The Morgan fingerprint density at radius 3 is 2.65 bits per heavy atom. The van der Waals surface area contributed by atoms with Gasteiger partial charge in [0.05, 0.1) is 4.92 Å². The lowest BCUT2D eigenvalue weighted by Crippen LogP contribution is -2.06. The number of aromatic nitrogens is 1. The van der Waals surface area contributed by atoms with Crippen molar-refractivity contribution in [1.29, 1.82) is 5.26 Å². The molecule has 6 nitrogen and oxygen atoms in total. The topological polar surface area (TPSA) is 91.8 Å². The number of halogens is 1. The van der Waals surface area contributed by atoms with E-state index >= 15 is 0 Å². The molecule has 100 valence electrons. The lowest BCUT2D eigenvalue weighted by atomic mass is 10.2. The van der Waals surface area contributed by atoms with Gasteiger partial charge in [0.15, 0.2) is 0 Å². The van der Waals surface area contributed by atoms with E-state index in [1.165, 1.54) is 24.4 Å². The van der Waals surface area contributed by atoms with Crippen molar-refractivity contribution in [3.8, 4) is 6.07 Å². The first-order valence-corrected chi connectivity index (χ1v) is 5.63. The Bertz CT molecular complexity index is 680. The predicted octanol–water partition coefficient (Wildman–Crippen LogP) is 2.61. The SMILES string of the molecule is N#Cc1ccnc(NCc2ccc(F)cc2)c1[N+](=O)[O-]. The van der Waals surface area contributed by atoms with E-state index in [2.05, 4.69) is 10.3 Å². The minimum atomic E-state index is -0.654. The molecule has 0 saturated carbocycles. The molecule has 1 aromatic heterocycles. The highest BCUT2D eigenvalue weighted by molar-refractivity contribution is 5.64. The zero-order valence-corrected chi connectivity index (χ0v) is 10.2. The molecule has 0 atom stereocenters. The molecule has 1 heterocycles. The quantitative estimate of drug-likeness (QED) is 0.682. The van der Waals surface area contributed by atoms with Crippen LogP contribution in [0.25, 0.3) is 0 Å². The van der Waals surface area contributed by atoms with Gasteiger partial charge in [-0.1, -0.05) is 12.1 Å². The van der Waals surface area contributed by atoms with Gasteiger partial charge in [-0.05, 0) is 23.8 Å². The zero-order chi connectivity index (χ0) is 14.5. The molecular weight excluding hydrogens is 263 g/mol. The number of rotatable bonds is 4. The second-order valence-corrected chi connectivity index (χ2v) is 3.90. The van der Waals surface area contributed by atoms with E-state index in [1.807, 2.05) is 0 Å². The summed E-state index contributed by atoms with van der Waals surface area (Å²) in [6.45, 7) is 0.239. The molecule has 2 rings (SSSR count). The molecule has 0 fully saturated rings. The van der Waals surface area contributed by atoms with Crippen LogP contribution in [-0.2, 0) is 6.54 Å². The number of pyridine rings is 1. The van der Waals surface area contributed by atoms with Crippen LogP contribution in [0.2, 0.25) is 0 Å². The van der Waals surface area contributed by atoms with Gasteiger partial charge in [0.2, 0.25) is 5.82 Å². The van der Waals surface area contributed by atoms with Crippen LogP contribution in [0, 0.1) is 27.3 Å². The molecule has 1 N–H and O–H groups in total. The molecule has 0 spiro atoms. The highest BCUT2D eigenvalue weighted by atomic mass is 19.1. The summed E-state index contributed by atoms with van der Waals surface area (Å²) in [5.41, 5.74) is 0.313. The van der Waals surface area contributed by atoms with Crippen molar-refractivity contribution in [3.63, 3.8) is 0 Å². The Morgan fingerprint density at radius 1 is 1.35 bits per heavy atom. The summed E-state index contributed by atoms with van der Waals surface area (Å²) in [6, 6.07) is 8.74. The van der Waals surface area contributed by atoms with Crippen LogP contribution >= 0.6 is 0 Å². The Kier molecular flexibility index (Phi) is 3.86. The molecule has 0 bridgehead atoms. The highest BCUT2D eigenvalue weighted by Gasteiger charge is 2.20. The standard InChI is InChI=1S/C13H9FN4O2/c14-11-3-1-9(2-4-11)8-17-13-12(18(19)20)10(7-15)5-6-16-13/h1-6H,8H2,(H,16,17). The van der Waals surface area contributed by atoms with Crippen molar-refractivity contribution in [1.82, 2.24) is 4.98 Å². The summed E-state index contributed by atoms with van der Waals surface area (Å²) >= 11 is 0. The van der Waals surface area contributed by atoms with Gasteiger partial charge in [0.25, 0.3) is 0 Å². The largest absolute Gasteiger partial charge is 0.360 e. The average Bonchev–Trinajstić information content (AvgIpc) is 2.46. The van der Waals surface area contributed by atoms with Crippen LogP contribution in [0.3, 0.4) is 0 Å². The first-order chi connectivity index (χ1) is 9.61. The first kappa shape index (κ1) is 13.4. The molecule has 0 amide bonds. The molecule has 0 aliphatic heterocycles. The van der Waals surface area contributed by atoms with E-state index in [0.29, 0.717) is 0 Å². The number of benzene rings is 1.